The summed E-state index contributed by atoms with van der Waals surface area (Å²) in [6.45, 7) is 5.01. The first-order valence-electron chi connectivity index (χ1n) is 11.1. The maximum atomic E-state index is 13.3. The Labute approximate surface area is 198 Å². The van der Waals surface area contributed by atoms with E-state index in [4.69, 9.17) is 0 Å². The minimum absolute atomic E-state index is 0.0229. The molecule has 2 aromatic carbocycles. The number of nitrogens with one attached hydrogen (secondary N) is 1. The molecule has 0 bridgehead atoms. The van der Waals surface area contributed by atoms with E-state index in [1.54, 1.807) is 13.0 Å². The molecule has 1 aliphatic rings. The van der Waals surface area contributed by atoms with Crippen LogP contribution in [0.2, 0.25) is 0 Å². The van der Waals surface area contributed by atoms with Gasteiger partial charge in [0.15, 0.2) is 0 Å². The van der Waals surface area contributed by atoms with E-state index in [0.29, 0.717) is 16.3 Å². The summed E-state index contributed by atoms with van der Waals surface area (Å²) in [5, 5.41) is 2.84. The van der Waals surface area contributed by atoms with Gasteiger partial charge in [-0.3, -0.25) is 14.4 Å². The fourth-order valence-electron chi connectivity index (χ4n) is 3.63. The van der Waals surface area contributed by atoms with Crippen molar-refractivity contribution in [2.45, 2.75) is 57.1 Å². The maximum absolute atomic E-state index is 13.3. The predicted molar refractivity (Wildman–Crippen MR) is 124 cm³/mol. The third-order valence-electron chi connectivity index (χ3n) is 5.88. The lowest BCUT2D eigenvalue weighted by molar-refractivity contribution is -0.140. The number of hydrogen-bond donors (Lipinski definition) is 1. The zero-order chi connectivity index (χ0) is 25.0. The summed E-state index contributed by atoms with van der Waals surface area (Å²) in [6, 6.07) is 10.5. The van der Waals surface area contributed by atoms with Crippen molar-refractivity contribution in [3.63, 3.8) is 0 Å². The Hall–Kier alpha value is -3.27. The summed E-state index contributed by atoms with van der Waals surface area (Å²) in [4.78, 5) is 39.8. The standard InChI is InChI=1S/C24H28FN3O5S/c1-4-16(2)26-23(30)17(3)27(15-18-9-11-19(25)12-10-18)22(29)13-14-28-24(31)20-7-5-6-8-21(20)34(28,32)33/h5-12,16-17H,4,13-15H2,1-3H3,(H,26,30)/t16-,17+/m0/s1. The number of hydrogen-bond acceptors (Lipinski definition) is 5. The predicted octanol–water partition coefficient (Wildman–Crippen LogP) is 2.69. The number of halogens is 1. The van der Waals surface area contributed by atoms with Gasteiger partial charge in [-0.05, 0) is 50.1 Å². The molecule has 0 spiro atoms. The molecule has 0 aliphatic carbocycles. The van der Waals surface area contributed by atoms with Crippen LogP contribution >= 0.6 is 0 Å². The van der Waals surface area contributed by atoms with Gasteiger partial charge >= 0.3 is 0 Å². The Morgan fingerprint density at radius 2 is 1.74 bits per heavy atom. The lowest BCUT2D eigenvalue weighted by atomic mass is 10.1. The molecule has 182 valence electrons. The maximum Gasteiger partial charge on any atom is 0.269 e. The molecule has 0 fully saturated rings. The summed E-state index contributed by atoms with van der Waals surface area (Å²) in [5.74, 6) is -1.98. The second-order valence-corrected chi connectivity index (χ2v) is 10.1. The molecule has 8 nitrogen and oxygen atoms in total. The van der Waals surface area contributed by atoms with Crippen LogP contribution in [0.3, 0.4) is 0 Å². The Balaban J connectivity index is 1.79. The van der Waals surface area contributed by atoms with E-state index >= 15 is 0 Å². The largest absolute Gasteiger partial charge is 0.352 e. The molecule has 0 saturated heterocycles. The van der Waals surface area contributed by atoms with Crippen molar-refractivity contribution in [2.75, 3.05) is 6.54 Å². The van der Waals surface area contributed by atoms with Crippen LogP contribution in [0.4, 0.5) is 4.39 Å². The van der Waals surface area contributed by atoms with Crippen molar-refractivity contribution in [2.24, 2.45) is 0 Å². The number of fused-ring (bicyclic) bond motifs is 1. The van der Waals surface area contributed by atoms with Crippen molar-refractivity contribution in [3.8, 4) is 0 Å². The molecule has 2 aromatic rings. The molecule has 3 amide bonds. The fraction of sp³-hybridized carbons (Fsp3) is 0.375. The lowest BCUT2D eigenvalue weighted by Crippen LogP contribution is -2.50. The van der Waals surface area contributed by atoms with E-state index < -0.39 is 33.7 Å². The fourth-order valence-corrected chi connectivity index (χ4v) is 5.20. The normalized spacial score (nSPS) is 16.0. The second-order valence-electron chi connectivity index (χ2n) is 8.27. The smallest absolute Gasteiger partial charge is 0.269 e. The van der Waals surface area contributed by atoms with E-state index in [-0.39, 0.29) is 41.9 Å². The summed E-state index contributed by atoms with van der Waals surface area (Å²) < 4.78 is 39.6. The van der Waals surface area contributed by atoms with Crippen LogP contribution in [0.5, 0.6) is 0 Å². The van der Waals surface area contributed by atoms with Crippen molar-refractivity contribution in [1.29, 1.82) is 0 Å². The highest BCUT2D eigenvalue weighted by atomic mass is 32.2. The molecule has 1 N–H and O–H groups in total. The molecule has 0 radical (unpaired) electrons. The molecular formula is C24H28FN3O5S. The molecule has 3 rings (SSSR count). The molecule has 0 saturated carbocycles. The highest BCUT2D eigenvalue weighted by molar-refractivity contribution is 7.90. The quantitative estimate of drug-likeness (QED) is 0.583. The van der Waals surface area contributed by atoms with E-state index in [9.17, 15) is 27.2 Å². The van der Waals surface area contributed by atoms with E-state index in [1.807, 2.05) is 13.8 Å². The Morgan fingerprint density at radius 3 is 2.35 bits per heavy atom. The van der Waals surface area contributed by atoms with E-state index in [1.165, 1.54) is 47.4 Å². The van der Waals surface area contributed by atoms with Gasteiger partial charge in [0.2, 0.25) is 11.8 Å². The highest BCUT2D eigenvalue weighted by Crippen LogP contribution is 2.30. The third-order valence-corrected chi connectivity index (χ3v) is 7.72. The van der Waals surface area contributed by atoms with Crippen LogP contribution in [0.25, 0.3) is 0 Å². The average molecular weight is 490 g/mol. The lowest BCUT2D eigenvalue weighted by Gasteiger charge is -2.30. The van der Waals surface area contributed by atoms with Crippen molar-refractivity contribution in [1.82, 2.24) is 14.5 Å². The summed E-state index contributed by atoms with van der Waals surface area (Å²) in [5.41, 5.74) is 0.676. The number of nitrogens with zero attached hydrogens (tertiary/aromatic N) is 2. The first kappa shape index (κ1) is 25.4. The van der Waals surface area contributed by atoms with Gasteiger partial charge in [-0.25, -0.2) is 17.1 Å². The van der Waals surface area contributed by atoms with Crippen molar-refractivity contribution >= 4 is 27.7 Å². The van der Waals surface area contributed by atoms with Crippen LogP contribution < -0.4 is 5.32 Å². The SMILES string of the molecule is CC[C@H](C)NC(=O)[C@@H](C)N(Cc1ccc(F)cc1)C(=O)CCN1C(=O)c2ccccc2S1(=O)=O. The molecule has 1 aliphatic heterocycles. The van der Waals surface area contributed by atoms with Gasteiger partial charge in [0.1, 0.15) is 16.8 Å². The molecular weight excluding hydrogens is 461 g/mol. The molecule has 0 aromatic heterocycles. The molecule has 34 heavy (non-hydrogen) atoms. The van der Waals surface area contributed by atoms with E-state index in [2.05, 4.69) is 5.32 Å². The van der Waals surface area contributed by atoms with Crippen LogP contribution in [-0.2, 0) is 26.2 Å². The van der Waals surface area contributed by atoms with Gasteiger partial charge < -0.3 is 10.2 Å². The summed E-state index contributed by atoms with van der Waals surface area (Å²) in [7, 11) is -4.04. The molecule has 2 atom stereocenters. The highest BCUT2D eigenvalue weighted by Gasteiger charge is 2.41. The number of amides is 3. The number of carbonyl (C=O) groups is 3. The van der Waals surface area contributed by atoms with Crippen LogP contribution in [0, 0.1) is 5.82 Å². The monoisotopic (exact) mass is 489 g/mol. The Bertz CT molecular complexity index is 1180. The van der Waals surface area contributed by atoms with Gasteiger partial charge in [-0.2, -0.15) is 0 Å². The van der Waals surface area contributed by atoms with Gasteiger partial charge in [0, 0.05) is 25.6 Å². The van der Waals surface area contributed by atoms with Crippen LogP contribution in [-0.4, -0.2) is 54.0 Å². The third kappa shape index (κ3) is 5.27. The van der Waals surface area contributed by atoms with Crippen molar-refractivity contribution < 1.29 is 27.2 Å². The van der Waals surface area contributed by atoms with Gasteiger partial charge in [-0.15, -0.1) is 0 Å². The summed E-state index contributed by atoms with van der Waals surface area (Å²) >= 11 is 0. The second kappa shape index (κ2) is 10.3. The van der Waals surface area contributed by atoms with Crippen LogP contribution in [0.15, 0.2) is 53.4 Å². The first-order chi connectivity index (χ1) is 16.1. The van der Waals surface area contributed by atoms with Crippen LogP contribution in [0.1, 0.15) is 49.5 Å². The number of sulfonamides is 1. The number of benzene rings is 2. The van der Waals surface area contributed by atoms with Crippen molar-refractivity contribution in [3.05, 3.63) is 65.5 Å². The molecule has 10 heteroatoms. The zero-order valence-corrected chi connectivity index (χ0v) is 20.1. The van der Waals surface area contributed by atoms with Gasteiger partial charge in [0.25, 0.3) is 15.9 Å². The van der Waals surface area contributed by atoms with E-state index in [0.717, 1.165) is 0 Å². The molecule has 0 unspecified atom stereocenters. The Morgan fingerprint density at radius 1 is 1.09 bits per heavy atom. The summed E-state index contributed by atoms with van der Waals surface area (Å²) in [6.07, 6.45) is 0.404. The Kier molecular flexibility index (Phi) is 7.71. The molecule has 1 heterocycles. The van der Waals surface area contributed by atoms with Gasteiger partial charge in [0.05, 0.1) is 5.56 Å². The first-order valence-corrected chi connectivity index (χ1v) is 12.5. The average Bonchev–Trinajstić information content (AvgIpc) is 3.01. The number of carbonyl (C=O) groups excluding carboxylic acids is 3. The minimum atomic E-state index is -4.04. The number of rotatable bonds is 9. The zero-order valence-electron chi connectivity index (χ0n) is 19.3. The van der Waals surface area contributed by atoms with Gasteiger partial charge in [-0.1, -0.05) is 31.2 Å². The topological polar surface area (TPSA) is 104 Å². The minimum Gasteiger partial charge on any atom is -0.352 e.